The summed E-state index contributed by atoms with van der Waals surface area (Å²) in [5, 5.41) is 2.61. The van der Waals surface area contributed by atoms with Gasteiger partial charge in [-0.15, -0.1) is 11.3 Å². The first-order valence-corrected chi connectivity index (χ1v) is 11.0. The Morgan fingerprint density at radius 3 is 2.63 bits per heavy atom. The van der Waals surface area contributed by atoms with Gasteiger partial charge in [0.15, 0.2) is 11.5 Å². The molecule has 0 radical (unpaired) electrons. The molecule has 0 spiro atoms. The normalized spacial score (nSPS) is 11.0. The van der Waals surface area contributed by atoms with Gasteiger partial charge < -0.3 is 9.47 Å². The second-order valence-corrected chi connectivity index (χ2v) is 7.98. The molecule has 0 unspecified atom stereocenters. The first kappa shape index (κ1) is 20.4. The first-order valence-electron chi connectivity index (χ1n) is 9.71. The topological polar surface area (TPSA) is 53.4 Å². The fourth-order valence-electron chi connectivity index (χ4n) is 3.31. The van der Waals surface area contributed by atoms with Crippen LogP contribution in [0.1, 0.15) is 19.4 Å². The van der Waals surface area contributed by atoms with Gasteiger partial charge in [-0.3, -0.25) is 9.36 Å². The average Bonchev–Trinajstić information content (AvgIpc) is 3.17. The zero-order chi connectivity index (χ0) is 21.1. The van der Waals surface area contributed by atoms with Crippen molar-refractivity contribution >= 4 is 33.2 Å². The highest BCUT2D eigenvalue weighted by molar-refractivity contribution is 7.17. The van der Waals surface area contributed by atoms with E-state index in [1.165, 1.54) is 11.3 Å². The lowest BCUT2D eigenvalue weighted by atomic mass is 10.1. The third kappa shape index (κ3) is 4.06. The molecule has 0 saturated carbocycles. The number of benzene rings is 2. The molecule has 0 atom stereocenters. The van der Waals surface area contributed by atoms with Gasteiger partial charge in [-0.25, -0.2) is 4.98 Å². The van der Waals surface area contributed by atoms with Crippen LogP contribution in [0.5, 0.6) is 11.5 Å². The highest BCUT2D eigenvalue weighted by Crippen LogP contribution is 2.36. The Kier molecular flexibility index (Phi) is 6.06. The summed E-state index contributed by atoms with van der Waals surface area (Å²) in [6.45, 7) is 5.41. The number of aromatic nitrogens is 2. The van der Waals surface area contributed by atoms with Gasteiger partial charge in [-0.05, 0) is 49.2 Å². The summed E-state index contributed by atoms with van der Waals surface area (Å²) in [4.78, 5) is 17.6. The van der Waals surface area contributed by atoms with Crippen LogP contribution < -0.4 is 15.0 Å². The van der Waals surface area contributed by atoms with Gasteiger partial charge in [0, 0.05) is 16.0 Å². The minimum atomic E-state index is -0.0628. The molecule has 30 heavy (non-hydrogen) atoms. The number of rotatable bonds is 7. The third-order valence-electron chi connectivity index (χ3n) is 4.64. The van der Waals surface area contributed by atoms with E-state index >= 15 is 0 Å². The summed E-state index contributed by atoms with van der Waals surface area (Å²) in [7, 11) is 0. The Bertz CT molecular complexity index is 1250. The van der Waals surface area contributed by atoms with Crippen molar-refractivity contribution in [2.75, 3.05) is 13.2 Å². The zero-order valence-corrected chi connectivity index (χ0v) is 18.3. The minimum absolute atomic E-state index is 0.0628. The fraction of sp³-hybridized carbons (Fsp3) is 0.217. The van der Waals surface area contributed by atoms with E-state index < -0.39 is 0 Å². The van der Waals surface area contributed by atoms with Crippen LogP contribution in [0, 0.1) is 0 Å². The molecule has 5 nitrogen and oxygen atoms in total. The van der Waals surface area contributed by atoms with Gasteiger partial charge in [0.25, 0.3) is 5.56 Å². The molecule has 2 aromatic heterocycles. The standard InChI is InChI=1S/C23H21ClN2O3S/c1-3-28-19-9-8-16(11-20(19)29-4-2)18-13-30-22-21(18)25-14-26(23(22)27)12-15-6-5-7-17(24)10-15/h5-11,13-14H,3-4,12H2,1-2H3. The maximum atomic E-state index is 13.0. The second-order valence-electron chi connectivity index (χ2n) is 6.66. The molecule has 0 saturated heterocycles. The SMILES string of the molecule is CCOc1ccc(-c2csc3c(=O)n(Cc4cccc(Cl)c4)cnc23)cc1OCC. The van der Waals surface area contributed by atoms with Crippen molar-refractivity contribution in [3.63, 3.8) is 0 Å². The van der Waals surface area contributed by atoms with Crippen LogP contribution in [0.15, 0.2) is 59.0 Å². The lowest BCUT2D eigenvalue weighted by Gasteiger charge is -2.12. The van der Waals surface area contributed by atoms with Crippen LogP contribution in [-0.2, 0) is 6.54 Å². The zero-order valence-electron chi connectivity index (χ0n) is 16.7. The summed E-state index contributed by atoms with van der Waals surface area (Å²) in [5.41, 5.74) is 3.43. The van der Waals surface area contributed by atoms with Crippen LogP contribution in [0.4, 0.5) is 0 Å². The molecule has 0 aliphatic carbocycles. The number of hydrogen-bond donors (Lipinski definition) is 0. The van der Waals surface area contributed by atoms with Crippen molar-refractivity contribution in [1.29, 1.82) is 0 Å². The molecule has 0 bridgehead atoms. The van der Waals surface area contributed by atoms with Crippen LogP contribution in [0.2, 0.25) is 5.02 Å². The molecule has 7 heteroatoms. The lowest BCUT2D eigenvalue weighted by molar-refractivity contribution is 0.288. The molecule has 2 aromatic carbocycles. The summed E-state index contributed by atoms with van der Waals surface area (Å²) >= 11 is 7.47. The Hall–Kier alpha value is -2.83. The van der Waals surface area contributed by atoms with E-state index in [2.05, 4.69) is 4.98 Å². The fourth-order valence-corrected chi connectivity index (χ4v) is 4.50. The molecular formula is C23H21ClN2O3S. The highest BCUT2D eigenvalue weighted by Gasteiger charge is 2.15. The van der Waals surface area contributed by atoms with Crippen molar-refractivity contribution < 1.29 is 9.47 Å². The molecule has 4 aromatic rings. The van der Waals surface area contributed by atoms with Crippen molar-refractivity contribution in [2.45, 2.75) is 20.4 Å². The van der Waals surface area contributed by atoms with Gasteiger partial charge in [0.05, 0.1) is 31.6 Å². The number of fused-ring (bicyclic) bond motifs is 1. The van der Waals surface area contributed by atoms with Crippen LogP contribution >= 0.6 is 22.9 Å². The van der Waals surface area contributed by atoms with E-state index in [0.29, 0.717) is 46.5 Å². The summed E-state index contributed by atoms with van der Waals surface area (Å²) in [6, 6.07) is 13.3. The minimum Gasteiger partial charge on any atom is -0.490 e. The molecule has 0 aliphatic rings. The van der Waals surface area contributed by atoms with E-state index in [1.807, 2.05) is 61.7 Å². The molecule has 2 heterocycles. The molecule has 154 valence electrons. The smallest absolute Gasteiger partial charge is 0.271 e. The van der Waals surface area contributed by atoms with Gasteiger partial charge in [-0.1, -0.05) is 29.8 Å². The van der Waals surface area contributed by atoms with Crippen molar-refractivity contribution in [3.8, 4) is 22.6 Å². The lowest BCUT2D eigenvalue weighted by Crippen LogP contribution is -2.20. The molecule has 0 fully saturated rings. The van der Waals surface area contributed by atoms with E-state index in [0.717, 1.165) is 16.7 Å². The quantitative estimate of drug-likeness (QED) is 0.374. The van der Waals surface area contributed by atoms with Crippen LogP contribution in [0.3, 0.4) is 0 Å². The number of halogens is 1. The van der Waals surface area contributed by atoms with Crippen LogP contribution in [-0.4, -0.2) is 22.8 Å². The number of ether oxygens (including phenoxy) is 2. The van der Waals surface area contributed by atoms with Crippen molar-refractivity contribution in [2.24, 2.45) is 0 Å². The van der Waals surface area contributed by atoms with Crippen molar-refractivity contribution in [3.05, 3.63) is 75.1 Å². The summed E-state index contributed by atoms with van der Waals surface area (Å²) in [6.07, 6.45) is 1.60. The van der Waals surface area contributed by atoms with Gasteiger partial charge in [0.2, 0.25) is 0 Å². The second kappa shape index (κ2) is 8.90. The molecule has 0 amide bonds. The molecule has 0 aliphatic heterocycles. The van der Waals surface area contributed by atoms with E-state index in [9.17, 15) is 4.79 Å². The number of thiophene rings is 1. The maximum absolute atomic E-state index is 13.0. The predicted molar refractivity (Wildman–Crippen MR) is 122 cm³/mol. The monoisotopic (exact) mass is 440 g/mol. The average molecular weight is 441 g/mol. The maximum Gasteiger partial charge on any atom is 0.271 e. The Morgan fingerprint density at radius 2 is 1.87 bits per heavy atom. The van der Waals surface area contributed by atoms with E-state index in [1.54, 1.807) is 10.9 Å². The third-order valence-corrected chi connectivity index (χ3v) is 5.83. The Morgan fingerprint density at radius 1 is 1.07 bits per heavy atom. The van der Waals surface area contributed by atoms with E-state index in [-0.39, 0.29) is 5.56 Å². The van der Waals surface area contributed by atoms with Crippen molar-refractivity contribution in [1.82, 2.24) is 9.55 Å². The van der Waals surface area contributed by atoms with Gasteiger partial charge in [-0.2, -0.15) is 0 Å². The molecular weight excluding hydrogens is 420 g/mol. The van der Waals surface area contributed by atoms with Gasteiger partial charge in [0.1, 0.15) is 4.70 Å². The number of hydrogen-bond acceptors (Lipinski definition) is 5. The number of nitrogens with zero attached hydrogens (tertiary/aromatic N) is 2. The van der Waals surface area contributed by atoms with Gasteiger partial charge >= 0.3 is 0 Å². The summed E-state index contributed by atoms with van der Waals surface area (Å²) < 4.78 is 13.6. The first-order chi connectivity index (χ1) is 14.6. The Balaban J connectivity index is 1.73. The van der Waals surface area contributed by atoms with E-state index in [4.69, 9.17) is 21.1 Å². The van der Waals surface area contributed by atoms with Crippen LogP contribution in [0.25, 0.3) is 21.3 Å². The Labute approximate surface area is 183 Å². The molecule has 4 rings (SSSR count). The molecule has 0 N–H and O–H groups in total. The summed E-state index contributed by atoms with van der Waals surface area (Å²) in [5.74, 6) is 1.39. The largest absolute Gasteiger partial charge is 0.490 e. The predicted octanol–water partition coefficient (Wildman–Crippen LogP) is 5.62. The highest BCUT2D eigenvalue weighted by atomic mass is 35.5.